The predicted octanol–water partition coefficient (Wildman–Crippen LogP) is 7.02. The number of benzene rings is 2. The van der Waals surface area contributed by atoms with Crippen molar-refractivity contribution in [3.05, 3.63) is 64.2 Å². The molecule has 1 radical (unpaired) electrons. The zero-order chi connectivity index (χ0) is 25.9. The number of aliphatic hydroxyl groups is 2. The van der Waals surface area contributed by atoms with Gasteiger partial charge >= 0.3 is 0 Å². The Morgan fingerprint density at radius 3 is 2.14 bits per heavy atom. The fraction of sp³-hybridized carbons (Fsp3) is 0.531. The van der Waals surface area contributed by atoms with Crippen molar-refractivity contribution in [3.8, 4) is 11.3 Å². The maximum atomic E-state index is 9.39. The number of rotatable bonds is 6. The van der Waals surface area contributed by atoms with E-state index in [1.165, 1.54) is 38.8 Å². The molecule has 0 bridgehead atoms. The Morgan fingerprint density at radius 2 is 1.56 bits per heavy atom. The molecule has 2 unspecified atom stereocenters. The van der Waals surface area contributed by atoms with E-state index in [4.69, 9.17) is 4.98 Å². The molecule has 4 heteroatoms. The van der Waals surface area contributed by atoms with Gasteiger partial charge in [0.15, 0.2) is 0 Å². The predicted molar refractivity (Wildman–Crippen MR) is 148 cm³/mol. The fourth-order valence-corrected chi connectivity index (χ4v) is 4.82. The Kier molecular flexibility index (Phi) is 11.3. The summed E-state index contributed by atoms with van der Waals surface area (Å²) < 4.78 is 0. The van der Waals surface area contributed by atoms with Gasteiger partial charge in [-0.15, -0.1) is 34.4 Å². The molecule has 0 aliphatic heterocycles. The minimum Gasteiger partial charge on any atom is -0.393 e. The van der Waals surface area contributed by atoms with E-state index in [0.717, 1.165) is 30.5 Å². The van der Waals surface area contributed by atoms with E-state index in [9.17, 15) is 10.2 Å². The zero-order valence-corrected chi connectivity index (χ0v) is 25.7. The molecule has 0 saturated heterocycles. The second-order valence-corrected chi connectivity index (χ2v) is 11.4. The Morgan fingerprint density at radius 1 is 0.917 bits per heavy atom. The van der Waals surface area contributed by atoms with Gasteiger partial charge in [0.2, 0.25) is 0 Å². The average Bonchev–Trinajstić information content (AvgIpc) is 2.78. The van der Waals surface area contributed by atoms with E-state index in [1.807, 2.05) is 27.7 Å². The first-order chi connectivity index (χ1) is 16.5. The Labute approximate surface area is 232 Å². The molecule has 1 aromatic heterocycles. The van der Waals surface area contributed by atoms with Crippen LogP contribution in [0.25, 0.3) is 22.2 Å². The van der Waals surface area contributed by atoms with Gasteiger partial charge in [-0.05, 0) is 54.3 Å². The molecule has 0 fully saturated rings. The summed E-state index contributed by atoms with van der Waals surface area (Å²) in [5.41, 5.74) is 10.3. The third-order valence-electron chi connectivity index (χ3n) is 7.09. The number of pyridine rings is 1. The molecule has 3 nitrogen and oxygen atoms in total. The van der Waals surface area contributed by atoms with Crippen LogP contribution in [0.2, 0.25) is 0 Å². The van der Waals surface area contributed by atoms with Crippen LogP contribution in [0.4, 0.5) is 0 Å². The van der Waals surface area contributed by atoms with Gasteiger partial charge in [-0.1, -0.05) is 85.6 Å². The molecular formula is C32H44IrNO2-. The maximum Gasteiger partial charge on any atom is 0.0598 e. The molecule has 2 N–H and O–H groups in total. The van der Waals surface area contributed by atoms with Crippen LogP contribution in [0.3, 0.4) is 0 Å². The first-order valence-electron chi connectivity index (χ1n) is 13.3. The normalized spacial score (nSPS) is 14.1. The van der Waals surface area contributed by atoms with Crippen LogP contribution in [-0.4, -0.2) is 27.4 Å². The summed E-state index contributed by atoms with van der Waals surface area (Å²) in [5.74, 6) is 1.14. The Hall–Kier alpha value is -1.58. The molecule has 0 amide bonds. The van der Waals surface area contributed by atoms with E-state index in [-0.39, 0.29) is 44.1 Å². The molecule has 2 atom stereocenters. The van der Waals surface area contributed by atoms with E-state index < -0.39 is 0 Å². The molecule has 0 spiro atoms. The molecule has 1 heterocycles. The summed E-state index contributed by atoms with van der Waals surface area (Å²) in [6, 6.07) is 14.8. The van der Waals surface area contributed by atoms with Crippen LogP contribution < -0.4 is 0 Å². The minimum atomic E-state index is -0.368. The number of nitrogens with zero attached hydrogens (tertiary/aromatic N) is 1. The average molecular weight is 667 g/mol. The van der Waals surface area contributed by atoms with Gasteiger partial charge in [0.05, 0.1) is 17.7 Å². The molecule has 36 heavy (non-hydrogen) atoms. The van der Waals surface area contributed by atoms with Crippen molar-refractivity contribution in [3.63, 3.8) is 0 Å². The number of hydrogen-bond acceptors (Lipinski definition) is 3. The van der Waals surface area contributed by atoms with Crippen LogP contribution in [0, 0.1) is 37.7 Å². The van der Waals surface area contributed by atoms with Crippen molar-refractivity contribution in [2.45, 2.75) is 93.3 Å². The van der Waals surface area contributed by atoms with Crippen molar-refractivity contribution in [1.82, 2.24) is 4.98 Å². The van der Waals surface area contributed by atoms with E-state index >= 15 is 0 Å². The Bertz CT molecular complexity index is 1140. The van der Waals surface area contributed by atoms with Gasteiger partial charge in [0.1, 0.15) is 0 Å². The minimum absolute atomic E-state index is 0. The smallest absolute Gasteiger partial charge is 0.0598 e. The van der Waals surface area contributed by atoms with Gasteiger partial charge in [-0.3, -0.25) is 4.98 Å². The topological polar surface area (TPSA) is 53.4 Å². The van der Waals surface area contributed by atoms with Crippen LogP contribution in [0.15, 0.2) is 30.3 Å². The maximum absolute atomic E-state index is 9.39. The van der Waals surface area contributed by atoms with Gasteiger partial charge in [0.25, 0.3) is 0 Å². The quantitative estimate of drug-likeness (QED) is 0.278. The Balaban J connectivity index is 0.000000327. The molecule has 1 aliphatic carbocycles. The van der Waals surface area contributed by atoms with Gasteiger partial charge in [0, 0.05) is 25.5 Å². The second kappa shape index (κ2) is 13.3. The summed E-state index contributed by atoms with van der Waals surface area (Å²) in [6.45, 7) is 16.7. The van der Waals surface area contributed by atoms with Gasteiger partial charge < -0.3 is 10.2 Å². The zero-order valence-electron chi connectivity index (χ0n) is 23.3. The van der Waals surface area contributed by atoms with Crippen molar-refractivity contribution in [1.29, 1.82) is 0 Å². The van der Waals surface area contributed by atoms with Gasteiger partial charge in [-0.2, -0.15) is 0 Å². The van der Waals surface area contributed by atoms with E-state index in [0.29, 0.717) is 12.3 Å². The van der Waals surface area contributed by atoms with E-state index in [2.05, 4.69) is 64.1 Å². The fourth-order valence-electron chi connectivity index (χ4n) is 4.82. The summed E-state index contributed by atoms with van der Waals surface area (Å²) in [4.78, 5) is 5.08. The number of aromatic nitrogens is 1. The first kappa shape index (κ1) is 30.6. The number of hydrogen-bond donors (Lipinski definition) is 2. The standard InChI is InChI=1S/C23H24N.C9H20O2.Ir/c1-14(2)10-17-6-5-7-22-20(17)13-18-8-9-19-16(4)11-15(3)12-21(19)23(18)24-22;1-6(2)8(10)5-9(11)7(3)4;/h5-7,11,13-14H,8-10H2,1-4H3;6-11H,5H2,1-4H3;/q-1;;. The summed E-state index contributed by atoms with van der Waals surface area (Å²) >= 11 is 0. The molecule has 2 aromatic carbocycles. The summed E-state index contributed by atoms with van der Waals surface area (Å²) in [6.07, 6.45) is 3.05. The molecule has 1 aliphatic rings. The third kappa shape index (κ3) is 7.48. The molecule has 3 aromatic rings. The van der Waals surface area contributed by atoms with Crippen molar-refractivity contribution >= 4 is 10.9 Å². The second-order valence-electron chi connectivity index (χ2n) is 11.4. The van der Waals surface area contributed by atoms with Crippen molar-refractivity contribution < 1.29 is 30.3 Å². The number of fused-ring (bicyclic) bond motifs is 4. The molecule has 0 saturated carbocycles. The van der Waals surface area contributed by atoms with Crippen LogP contribution in [0.1, 0.15) is 75.8 Å². The van der Waals surface area contributed by atoms with Gasteiger partial charge in [-0.25, -0.2) is 0 Å². The SMILES string of the molecule is CC(C)C(O)CC(O)C(C)C.Cc1[c-]c2c(c(C)c1)CCc1cc3c(CC(C)C)cccc3nc1-2.[Ir]. The first-order valence-corrected chi connectivity index (χ1v) is 13.3. The van der Waals surface area contributed by atoms with Crippen LogP contribution in [-0.2, 0) is 39.4 Å². The van der Waals surface area contributed by atoms with Crippen LogP contribution in [0.5, 0.6) is 0 Å². The van der Waals surface area contributed by atoms with Crippen molar-refractivity contribution in [2.75, 3.05) is 0 Å². The molecule has 199 valence electrons. The number of aliphatic hydroxyl groups excluding tert-OH is 2. The monoisotopic (exact) mass is 667 g/mol. The van der Waals surface area contributed by atoms with Crippen molar-refractivity contribution in [2.24, 2.45) is 17.8 Å². The van der Waals surface area contributed by atoms with E-state index in [1.54, 1.807) is 0 Å². The summed E-state index contributed by atoms with van der Waals surface area (Å²) in [7, 11) is 0. The van der Waals surface area contributed by atoms with Crippen LogP contribution >= 0.6 is 0 Å². The number of aryl methyl sites for hydroxylation is 3. The summed E-state index contributed by atoms with van der Waals surface area (Å²) in [5, 5.41) is 20.1. The molecule has 4 rings (SSSR count). The third-order valence-corrected chi connectivity index (χ3v) is 7.09. The largest absolute Gasteiger partial charge is 0.393 e. The molecular weight excluding hydrogens is 623 g/mol.